The molecule has 0 radical (unpaired) electrons. The summed E-state index contributed by atoms with van der Waals surface area (Å²) < 4.78 is 0. The van der Waals surface area contributed by atoms with Gasteiger partial charge in [0.2, 0.25) is 0 Å². The van der Waals surface area contributed by atoms with Crippen LogP contribution in [0.25, 0.3) is 0 Å². The zero-order chi connectivity index (χ0) is 12.8. The van der Waals surface area contributed by atoms with E-state index in [4.69, 9.17) is 0 Å². The second-order valence-corrected chi connectivity index (χ2v) is 5.53. The minimum Gasteiger partial charge on any atom is -0.310 e. The number of rotatable bonds is 5. The van der Waals surface area contributed by atoms with Crippen LogP contribution in [0, 0.1) is 5.92 Å². The molecule has 1 nitrogen and oxygen atoms in total. The van der Waals surface area contributed by atoms with E-state index in [1.807, 2.05) is 0 Å². The molecule has 0 heterocycles. The van der Waals surface area contributed by atoms with Gasteiger partial charge in [0.05, 0.1) is 0 Å². The minimum absolute atomic E-state index is 0.571. The standard InChI is InChI=1S/C17H27N/c1-3-14-9-8-12-16(13-14)17(18-4-2)15-10-6-5-7-11-15/h8-9,12-13,15,17-18H,3-7,10-11H2,1-2H3. The van der Waals surface area contributed by atoms with E-state index in [-0.39, 0.29) is 0 Å². The maximum absolute atomic E-state index is 3.72. The molecular weight excluding hydrogens is 218 g/mol. The van der Waals surface area contributed by atoms with Crippen LogP contribution in [0.2, 0.25) is 0 Å². The number of hydrogen-bond acceptors (Lipinski definition) is 1. The van der Waals surface area contributed by atoms with Crippen molar-refractivity contribution in [3.05, 3.63) is 35.4 Å². The van der Waals surface area contributed by atoms with E-state index in [2.05, 4.69) is 43.4 Å². The Bertz CT molecular complexity index is 352. The summed E-state index contributed by atoms with van der Waals surface area (Å²) in [7, 11) is 0. The third kappa shape index (κ3) is 3.35. The molecule has 1 aliphatic rings. The second-order valence-electron chi connectivity index (χ2n) is 5.53. The lowest BCUT2D eigenvalue weighted by Gasteiger charge is -2.31. The van der Waals surface area contributed by atoms with Gasteiger partial charge in [-0.15, -0.1) is 0 Å². The maximum Gasteiger partial charge on any atom is 0.0348 e. The SMILES string of the molecule is CCNC(c1cccc(CC)c1)C1CCCCC1. The summed E-state index contributed by atoms with van der Waals surface area (Å²) in [6.45, 7) is 5.53. The van der Waals surface area contributed by atoms with Crippen molar-refractivity contribution < 1.29 is 0 Å². The number of nitrogens with one attached hydrogen (secondary N) is 1. The fraction of sp³-hybridized carbons (Fsp3) is 0.647. The molecule has 1 N–H and O–H groups in total. The van der Waals surface area contributed by atoms with E-state index in [0.717, 1.165) is 18.9 Å². The lowest BCUT2D eigenvalue weighted by molar-refractivity contribution is 0.274. The third-order valence-electron chi connectivity index (χ3n) is 4.26. The van der Waals surface area contributed by atoms with E-state index >= 15 is 0 Å². The van der Waals surface area contributed by atoms with Crippen LogP contribution in [0.5, 0.6) is 0 Å². The Morgan fingerprint density at radius 3 is 2.61 bits per heavy atom. The molecule has 100 valence electrons. The van der Waals surface area contributed by atoms with Gasteiger partial charge >= 0.3 is 0 Å². The van der Waals surface area contributed by atoms with Gasteiger partial charge < -0.3 is 5.32 Å². The van der Waals surface area contributed by atoms with Gasteiger partial charge in [0.15, 0.2) is 0 Å². The third-order valence-corrected chi connectivity index (χ3v) is 4.26. The van der Waals surface area contributed by atoms with Crippen LogP contribution in [0.1, 0.15) is 63.1 Å². The molecule has 0 amide bonds. The highest BCUT2D eigenvalue weighted by atomic mass is 14.9. The van der Waals surface area contributed by atoms with Crippen molar-refractivity contribution in [2.45, 2.75) is 58.4 Å². The Hall–Kier alpha value is -0.820. The molecule has 0 saturated heterocycles. The molecule has 1 aromatic rings. The van der Waals surface area contributed by atoms with Gasteiger partial charge in [-0.25, -0.2) is 0 Å². The normalized spacial score (nSPS) is 18.8. The minimum atomic E-state index is 0.571. The van der Waals surface area contributed by atoms with Gasteiger partial charge in [0, 0.05) is 6.04 Å². The quantitative estimate of drug-likeness (QED) is 0.806. The second kappa shape index (κ2) is 6.94. The molecular formula is C17H27N. The summed E-state index contributed by atoms with van der Waals surface area (Å²) >= 11 is 0. The van der Waals surface area contributed by atoms with Gasteiger partial charge in [-0.1, -0.05) is 57.4 Å². The molecule has 0 aromatic heterocycles. The van der Waals surface area contributed by atoms with Gasteiger partial charge in [-0.05, 0) is 42.9 Å². The van der Waals surface area contributed by atoms with Crippen LogP contribution < -0.4 is 5.32 Å². The van der Waals surface area contributed by atoms with Gasteiger partial charge in [-0.2, -0.15) is 0 Å². The predicted molar refractivity (Wildman–Crippen MR) is 78.8 cm³/mol. The average molecular weight is 245 g/mol. The summed E-state index contributed by atoms with van der Waals surface area (Å²) in [6.07, 6.45) is 8.20. The number of aryl methyl sites for hydroxylation is 1. The summed E-state index contributed by atoms with van der Waals surface area (Å²) in [5, 5.41) is 3.72. The summed E-state index contributed by atoms with van der Waals surface area (Å²) in [4.78, 5) is 0. The highest BCUT2D eigenvalue weighted by Crippen LogP contribution is 2.34. The molecule has 1 heteroatoms. The van der Waals surface area contributed by atoms with Crippen molar-refractivity contribution >= 4 is 0 Å². The first-order chi connectivity index (χ1) is 8.85. The molecule has 1 unspecified atom stereocenters. The molecule has 2 rings (SSSR count). The summed E-state index contributed by atoms with van der Waals surface area (Å²) in [6, 6.07) is 9.75. The fourth-order valence-corrected chi connectivity index (χ4v) is 3.25. The van der Waals surface area contributed by atoms with E-state index < -0.39 is 0 Å². The molecule has 1 fully saturated rings. The van der Waals surface area contributed by atoms with Crippen LogP contribution >= 0.6 is 0 Å². The number of benzene rings is 1. The average Bonchev–Trinajstić information content (AvgIpc) is 2.46. The van der Waals surface area contributed by atoms with Crippen molar-refractivity contribution in [3.8, 4) is 0 Å². The van der Waals surface area contributed by atoms with E-state index in [9.17, 15) is 0 Å². The smallest absolute Gasteiger partial charge is 0.0348 e. The Labute approximate surface area is 112 Å². The van der Waals surface area contributed by atoms with Gasteiger partial charge in [-0.3, -0.25) is 0 Å². The van der Waals surface area contributed by atoms with Crippen molar-refractivity contribution in [2.24, 2.45) is 5.92 Å². The highest BCUT2D eigenvalue weighted by molar-refractivity contribution is 5.26. The lowest BCUT2D eigenvalue weighted by Crippen LogP contribution is -2.29. The largest absolute Gasteiger partial charge is 0.310 e. The molecule has 0 bridgehead atoms. The van der Waals surface area contributed by atoms with E-state index in [0.29, 0.717) is 6.04 Å². The topological polar surface area (TPSA) is 12.0 Å². The zero-order valence-corrected chi connectivity index (χ0v) is 11.9. The van der Waals surface area contributed by atoms with Crippen LogP contribution in [0.15, 0.2) is 24.3 Å². The zero-order valence-electron chi connectivity index (χ0n) is 11.9. The first-order valence-corrected chi connectivity index (χ1v) is 7.67. The monoisotopic (exact) mass is 245 g/mol. The Morgan fingerprint density at radius 2 is 1.94 bits per heavy atom. The van der Waals surface area contributed by atoms with Crippen LogP contribution in [-0.2, 0) is 6.42 Å². The molecule has 1 saturated carbocycles. The Kier molecular flexibility index (Phi) is 5.25. The first kappa shape index (κ1) is 13.6. The van der Waals surface area contributed by atoms with Crippen molar-refractivity contribution in [1.82, 2.24) is 5.32 Å². The highest BCUT2D eigenvalue weighted by Gasteiger charge is 2.24. The molecule has 0 spiro atoms. The maximum atomic E-state index is 3.72. The molecule has 1 aliphatic carbocycles. The van der Waals surface area contributed by atoms with E-state index in [1.54, 1.807) is 0 Å². The van der Waals surface area contributed by atoms with Crippen molar-refractivity contribution in [3.63, 3.8) is 0 Å². The predicted octanol–water partition coefficient (Wildman–Crippen LogP) is 4.48. The van der Waals surface area contributed by atoms with Gasteiger partial charge in [0.1, 0.15) is 0 Å². The molecule has 0 aliphatic heterocycles. The first-order valence-electron chi connectivity index (χ1n) is 7.67. The molecule has 18 heavy (non-hydrogen) atoms. The van der Waals surface area contributed by atoms with E-state index in [1.165, 1.54) is 43.2 Å². The van der Waals surface area contributed by atoms with Crippen LogP contribution in [-0.4, -0.2) is 6.54 Å². The lowest BCUT2D eigenvalue weighted by atomic mass is 9.81. The molecule has 1 atom stereocenters. The van der Waals surface area contributed by atoms with Crippen molar-refractivity contribution in [2.75, 3.05) is 6.54 Å². The number of hydrogen-bond donors (Lipinski definition) is 1. The van der Waals surface area contributed by atoms with Crippen LogP contribution in [0.3, 0.4) is 0 Å². The summed E-state index contributed by atoms with van der Waals surface area (Å²) in [5.41, 5.74) is 2.97. The molecule has 1 aromatic carbocycles. The summed E-state index contributed by atoms with van der Waals surface area (Å²) in [5.74, 6) is 0.839. The Balaban J connectivity index is 2.16. The fourth-order valence-electron chi connectivity index (χ4n) is 3.25. The van der Waals surface area contributed by atoms with Crippen LogP contribution in [0.4, 0.5) is 0 Å². The van der Waals surface area contributed by atoms with Crippen molar-refractivity contribution in [1.29, 1.82) is 0 Å². The van der Waals surface area contributed by atoms with Gasteiger partial charge in [0.25, 0.3) is 0 Å². The Morgan fingerprint density at radius 1 is 1.17 bits per heavy atom.